The minimum Gasteiger partial charge on any atom is -0.504 e. The molecule has 3 N–H and O–H groups in total. The molecule has 23 heavy (non-hydrogen) atoms. The van der Waals surface area contributed by atoms with Crippen LogP contribution >= 0.6 is 24.0 Å². The Morgan fingerprint density at radius 3 is 2.57 bits per heavy atom. The average molecular weight is 435 g/mol. The summed E-state index contributed by atoms with van der Waals surface area (Å²) in [5.41, 5.74) is 1.09. The Morgan fingerprint density at radius 1 is 1.30 bits per heavy atom. The van der Waals surface area contributed by atoms with Crippen molar-refractivity contribution < 1.29 is 9.84 Å². The molecule has 0 heterocycles. The predicted molar refractivity (Wildman–Crippen MR) is 107 cm³/mol. The first-order valence-electron chi connectivity index (χ1n) is 7.88. The van der Waals surface area contributed by atoms with Crippen molar-refractivity contribution in [3.63, 3.8) is 0 Å². The lowest BCUT2D eigenvalue weighted by Crippen LogP contribution is -2.44. The second kappa shape index (κ2) is 11.4. The van der Waals surface area contributed by atoms with Crippen molar-refractivity contribution in [2.45, 2.75) is 40.2 Å². The fraction of sp³-hybridized carbons (Fsp3) is 0.588. The smallest absolute Gasteiger partial charge is 0.191 e. The minimum atomic E-state index is 0. The van der Waals surface area contributed by atoms with Gasteiger partial charge < -0.3 is 20.5 Å². The van der Waals surface area contributed by atoms with Gasteiger partial charge in [0.15, 0.2) is 17.5 Å². The molecule has 0 aliphatic heterocycles. The topological polar surface area (TPSA) is 65.9 Å². The van der Waals surface area contributed by atoms with E-state index in [1.54, 1.807) is 13.2 Å². The van der Waals surface area contributed by atoms with Crippen molar-refractivity contribution in [1.82, 2.24) is 10.6 Å². The molecule has 0 saturated heterocycles. The van der Waals surface area contributed by atoms with Gasteiger partial charge in [0.2, 0.25) is 0 Å². The highest BCUT2D eigenvalue weighted by Gasteiger charge is 2.08. The molecule has 0 amide bonds. The normalized spacial score (nSPS) is 12.5. The van der Waals surface area contributed by atoms with Gasteiger partial charge in [-0.05, 0) is 43.9 Å². The fourth-order valence-electron chi connectivity index (χ4n) is 1.88. The summed E-state index contributed by atoms with van der Waals surface area (Å²) < 4.78 is 5.12. The standard InChI is InChI=1S/C17H29N3O2.HI/c1-6-18-17(20-13(4)12(2)3)19-10-9-14-7-8-15(21)16(11-14)22-5;/h7-8,11-13,21H,6,9-10H2,1-5H3,(H2,18,19,20);1H. The van der Waals surface area contributed by atoms with E-state index in [9.17, 15) is 5.11 Å². The summed E-state index contributed by atoms with van der Waals surface area (Å²) in [6.45, 7) is 10.1. The number of rotatable bonds is 7. The van der Waals surface area contributed by atoms with E-state index in [0.29, 0.717) is 24.3 Å². The van der Waals surface area contributed by atoms with E-state index in [2.05, 4.69) is 43.3 Å². The van der Waals surface area contributed by atoms with E-state index in [1.165, 1.54) is 0 Å². The molecule has 1 rings (SSSR count). The van der Waals surface area contributed by atoms with E-state index in [1.807, 2.05) is 12.1 Å². The molecule has 1 unspecified atom stereocenters. The maximum absolute atomic E-state index is 9.60. The maximum atomic E-state index is 9.60. The van der Waals surface area contributed by atoms with Gasteiger partial charge in [0.1, 0.15) is 0 Å². The highest BCUT2D eigenvalue weighted by Crippen LogP contribution is 2.26. The van der Waals surface area contributed by atoms with E-state index < -0.39 is 0 Å². The number of aromatic hydroxyl groups is 1. The summed E-state index contributed by atoms with van der Waals surface area (Å²) in [7, 11) is 1.55. The van der Waals surface area contributed by atoms with Crippen molar-refractivity contribution in [3.05, 3.63) is 23.8 Å². The molecule has 5 nitrogen and oxygen atoms in total. The van der Waals surface area contributed by atoms with Crippen molar-refractivity contribution >= 4 is 29.9 Å². The number of hydrogen-bond acceptors (Lipinski definition) is 3. The van der Waals surface area contributed by atoms with Crippen LogP contribution in [-0.2, 0) is 6.42 Å². The van der Waals surface area contributed by atoms with Crippen LogP contribution in [0.2, 0.25) is 0 Å². The zero-order valence-corrected chi connectivity index (χ0v) is 17.0. The molecule has 132 valence electrons. The van der Waals surface area contributed by atoms with Crippen LogP contribution in [0.25, 0.3) is 0 Å². The average Bonchev–Trinajstić information content (AvgIpc) is 2.48. The van der Waals surface area contributed by atoms with Crippen LogP contribution in [0.15, 0.2) is 23.2 Å². The molecule has 1 atom stereocenters. The number of nitrogens with one attached hydrogen (secondary N) is 2. The molecule has 0 radical (unpaired) electrons. The number of benzene rings is 1. The van der Waals surface area contributed by atoms with Crippen LogP contribution < -0.4 is 15.4 Å². The van der Waals surface area contributed by atoms with Crippen LogP contribution in [0.5, 0.6) is 11.5 Å². The Kier molecular flexibility index (Phi) is 10.8. The summed E-state index contributed by atoms with van der Waals surface area (Å²) in [6, 6.07) is 5.76. The molecule has 0 aliphatic carbocycles. The molecule has 0 aromatic heterocycles. The molecule has 0 saturated carbocycles. The Balaban J connectivity index is 0.00000484. The maximum Gasteiger partial charge on any atom is 0.191 e. The minimum absolute atomic E-state index is 0. The lowest BCUT2D eigenvalue weighted by molar-refractivity contribution is 0.373. The van der Waals surface area contributed by atoms with E-state index in [0.717, 1.165) is 24.5 Å². The van der Waals surface area contributed by atoms with E-state index >= 15 is 0 Å². The van der Waals surface area contributed by atoms with Crippen LogP contribution in [0, 0.1) is 5.92 Å². The number of phenolic OH excluding ortho intramolecular Hbond substituents is 1. The molecular formula is C17H30IN3O2. The monoisotopic (exact) mass is 435 g/mol. The first kappa shape index (κ1) is 21.8. The van der Waals surface area contributed by atoms with Gasteiger partial charge >= 0.3 is 0 Å². The molecule has 0 fully saturated rings. The van der Waals surface area contributed by atoms with Gasteiger partial charge in [-0.25, -0.2) is 0 Å². The number of phenols is 1. The van der Waals surface area contributed by atoms with Crippen LogP contribution in [-0.4, -0.2) is 37.3 Å². The number of hydrogen-bond donors (Lipinski definition) is 3. The lowest BCUT2D eigenvalue weighted by atomic mass is 10.1. The second-order valence-corrected chi connectivity index (χ2v) is 5.69. The molecule has 1 aromatic carbocycles. The van der Waals surface area contributed by atoms with E-state index in [4.69, 9.17) is 4.74 Å². The first-order valence-corrected chi connectivity index (χ1v) is 7.88. The van der Waals surface area contributed by atoms with Crippen LogP contribution in [0.1, 0.15) is 33.3 Å². The zero-order chi connectivity index (χ0) is 16.5. The first-order chi connectivity index (χ1) is 10.5. The lowest BCUT2D eigenvalue weighted by Gasteiger charge is -2.20. The summed E-state index contributed by atoms with van der Waals surface area (Å²) in [4.78, 5) is 4.60. The number of methoxy groups -OCH3 is 1. The number of nitrogens with zero attached hydrogens (tertiary/aromatic N) is 1. The summed E-state index contributed by atoms with van der Waals surface area (Å²) in [6.07, 6.45) is 0.795. The van der Waals surface area contributed by atoms with Crippen molar-refractivity contribution in [1.29, 1.82) is 0 Å². The third-order valence-electron chi connectivity index (χ3n) is 3.62. The van der Waals surface area contributed by atoms with Crippen molar-refractivity contribution in [2.24, 2.45) is 10.9 Å². The summed E-state index contributed by atoms with van der Waals surface area (Å²) in [5.74, 6) is 2.05. The third kappa shape index (κ3) is 7.76. The van der Waals surface area contributed by atoms with Crippen molar-refractivity contribution in [2.75, 3.05) is 20.2 Å². The molecule has 0 bridgehead atoms. The number of halogens is 1. The number of ether oxygens (including phenoxy) is 1. The molecule has 1 aromatic rings. The molecule has 0 spiro atoms. The van der Waals surface area contributed by atoms with Gasteiger partial charge in [-0.2, -0.15) is 0 Å². The van der Waals surface area contributed by atoms with Gasteiger partial charge in [-0.15, -0.1) is 24.0 Å². The highest BCUT2D eigenvalue weighted by molar-refractivity contribution is 14.0. The molecule has 6 heteroatoms. The zero-order valence-electron chi connectivity index (χ0n) is 14.7. The number of aliphatic imine (C=N–C) groups is 1. The molecule has 0 aliphatic rings. The number of guanidine groups is 1. The SMILES string of the molecule is CCNC(=NCCc1ccc(O)c(OC)c1)NC(C)C(C)C.I. The fourth-order valence-corrected chi connectivity index (χ4v) is 1.88. The molecular weight excluding hydrogens is 405 g/mol. The third-order valence-corrected chi connectivity index (χ3v) is 3.62. The second-order valence-electron chi connectivity index (χ2n) is 5.69. The van der Waals surface area contributed by atoms with Gasteiger partial charge in [0, 0.05) is 19.1 Å². The largest absolute Gasteiger partial charge is 0.504 e. The summed E-state index contributed by atoms with van der Waals surface area (Å²) >= 11 is 0. The quantitative estimate of drug-likeness (QED) is 0.350. The Bertz CT molecular complexity index is 493. The van der Waals surface area contributed by atoms with Crippen molar-refractivity contribution in [3.8, 4) is 11.5 Å². The highest BCUT2D eigenvalue weighted by atomic mass is 127. The van der Waals surface area contributed by atoms with Gasteiger partial charge in [-0.3, -0.25) is 4.99 Å². The summed E-state index contributed by atoms with van der Waals surface area (Å²) in [5, 5.41) is 16.3. The van der Waals surface area contributed by atoms with Gasteiger partial charge in [0.05, 0.1) is 7.11 Å². The Hall–Kier alpha value is -1.18. The van der Waals surface area contributed by atoms with Crippen LogP contribution in [0.3, 0.4) is 0 Å². The van der Waals surface area contributed by atoms with Gasteiger partial charge in [-0.1, -0.05) is 19.9 Å². The Morgan fingerprint density at radius 2 is 2.00 bits per heavy atom. The predicted octanol–water partition coefficient (Wildman–Crippen LogP) is 3.16. The Labute approximate surface area is 156 Å². The van der Waals surface area contributed by atoms with E-state index in [-0.39, 0.29) is 29.7 Å². The van der Waals surface area contributed by atoms with Crippen LogP contribution in [0.4, 0.5) is 0 Å². The van der Waals surface area contributed by atoms with Gasteiger partial charge in [0.25, 0.3) is 0 Å².